The number of sulfonamides is 1. The molecule has 0 spiro atoms. The monoisotopic (exact) mass is 271 g/mol. The van der Waals surface area contributed by atoms with Crippen molar-refractivity contribution < 1.29 is 8.42 Å². The second-order valence-corrected chi connectivity index (χ2v) is 6.49. The van der Waals surface area contributed by atoms with E-state index in [2.05, 4.69) is 23.6 Å². The number of aromatic nitrogens is 1. The molecular formula is C12H21N3O2S. The van der Waals surface area contributed by atoms with Crippen LogP contribution in [0.4, 0.5) is 0 Å². The minimum Gasteiger partial charge on any atom is -0.325 e. The van der Waals surface area contributed by atoms with Crippen LogP contribution in [0.15, 0.2) is 23.2 Å². The van der Waals surface area contributed by atoms with Crippen molar-refractivity contribution in [1.29, 1.82) is 0 Å². The van der Waals surface area contributed by atoms with E-state index in [4.69, 9.17) is 5.73 Å². The molecule has 0 bridgehead atoms. The van der Waals surface area contributed by atoms with Gasteiger partial charge in [-0.1, -0.05) is 13.8 Å². The Kier molecular flexibility index (Phi) is 5.25. The van der Waals surface area contributed by atoms with Crippen LogP contribution in [0.5, 0.6) is 0 Å². The molecule has 1 aromatic heterocycles. The van der Waals surface area contributed by atoms with Gasteiger partial charge in [0.1, 0.15) is 4.90 Å². The van der Waals surface area contributed by atoms with Crippen molar-refractivity contribution in [3.63, 3.8) is 0 Å². The molecular weight excluding hydrogens is 250 g/mol. The second-order valence-electron chi connectivity index (χ2n) is 4.80. The van der Waals surface area contributed by atoms with E-state index < -0.39 is 10.0 Å². The van der Waals surface area contributed by atoms with Crippen LogP contribution >= 0.6 is 0 Å². The highest BCUT2D eigenvalue weighted by Gasteiger charge is 2.21. The molecule has 102 valence electrons. The van der Waals surface area contributed by atoms with E-state index in [1.54, 1.807) is 12.3 Å². The topological polar surface area (TPSA) is 85.1 Å². The van der Waals surface area contributed by atoms with Crippen LogP contribution in [-0.4, -0.2) is 19.4 Å². The number of pyridine rings is 1. The van der Waals surface area contributed by atoms with Gasteiger partial charge in [-0.25, -0.2) is 13.1 Å². The molecule has 1 heterocycles. The van der Waals surface area contributed by atoms with Crippen LogP contribution in [0.2, 0.25) is 0 Å². The molecule has 0 aliphatic carbocycles. The van der Waals surface area contributed by atoms with Crippen LogP contribution in [0.3, 0.4) is 0 Å². The average Bonchev–Trinajstić information content (AvgIpc) is 2.27. The minimum absolute atomic E-state index is 0.107. The van der Waals surface area contributed by atoms with Gasteiger partial charge in [-0.05, 0) is 31.4 Å². The molecule has 0 radical (unpaired) electrons. The number of nitrogens with two attached hydrogens (primary N) is 1. The van der Waals surface area contributed by atoms with E-state index in [0.29, 0.717) is 11.6 Å². The summed E-state index contributed by atoms with van der Waals surface area (Å²) in [6, 6.07) is 3.02. The molecule has 0 fully saturated rings. The molecule has 5 nitrogen and oxygen atoms in total. The Morgan fingerprint density at radius 1 is 1.39 bits per heavy atom. The SMILES string of the molecule is CC(C)CC(C)NS(=O)(=O)c1cccnc1CN. The first-order valence-electron chi connectivity index (χ1n) is 6.03. The Bertz CT molecular complexity index is 486. The number of nitrogens with one attached hydrogen (secondary N) is 1. The second kappa shape index (κ2) is 6.26. The van der Waals surface area contributed by atoms with Gasteiger partial charge in [-0.15, -0.1) is 0 Å². The summed E-state index contributed by atoms with van der Waals surface area (Å²) in [7, 11) is -3.54. The van der Waals surface area contributed by atoms with Crippen LogP contribution in [-0.2, 0) is 16.6 Å². The molecule has 18 heavy (non-hydrogen) atoms. The summed E-state index contributed by atoms with van der Waals surface area (Å²) in [5.41, 5.74) is 5.89. The van der Waals surface area contributed by atoms with Gasteiger partial charge in [-0.3, -0.25) is 4.98 Å². The minimum atomic E-state index is -3.54. The fourth-order valence-corrected chi connectivity index (χ4v) is 3.36. The van der Waals surface area contributed by atoms with Gasteiger partial charge in [0, 0.05) is 18.8 Å². The number of hydrogen-bond donors (Lipinski definition) is 2. The third-order valence-electron chi connectivity index (χ3n) is 2.51. The lowest BCUT2D eigenvalue weighted by atomic mass is 10.1. The summed E-state index contributed by atoms with van der Waals surface area (Å²) in [4.78, 5) is 4.16. The Morgan fingerprint density at radius 3 is 2.61 bits per heavy atom. The van der Waals surface area contributed by atoms with Crippen LogP contribution in [0.1, 0.15) is 32.9 Å². The lowest BCUT2D eigenvalue weighted by Crippen LogP contribution is -2.34. The highest BCUT2D eigenvalue weighted by Crippen LogP contribution is 2.14. The van der Waals surface area contributed by atoms with E-state index in [1.165, 1.54) is 6.07 Å². The maximum absolute atomic E-state index is 12.2. The fourth-order valence-electron chi connectivity index (χ4n) is 1.90. The summed E-state index contributed by atoms with van der Waals surface area (Å²) in [6.45, 7) is 6.08. The Balaban J connectivity index is 2.93. The van der Waals surface area contributed by atoms with Crippen molar-refractivity contribution in [3.8, 4) is 0 Å². The average molecular weight is 271 g/mol. The van der Waals surface area contributed by atoms with E-state index >= 15 is 0 Å². The largest absolute Gasteiger partial charge is 0.325 e. The molecule has 3 N–H and O–H groups in total. The number of nitrogens with zero attached hydrogens (tertiary/aromatic N) is 1. The molecule has 1 aromatic rings. The quantitative estimate of drug-likeness (QED) is 0.815. The highest BCUT2D eigenvalue weighted by atomic mass is 32.2. The molecule has 0 saturated heterocycles. The van der Waals surface area contributed by atoms with Gasteiger partial charge in [0.05, 0.1) is 5.69 Å². The van der Waals surface area contributed by atoms with E-state index in [1.807, 2.05) is 6.92 Å². The Morgan fingerprint density at radius 2 is 2.06 bits per heavy atom. The zero-order valence-corrected chi connectivity index (χ0v) is 11.9. The van der Waals surface area contributed by atoms with Crippen molar-refractivity contribution in [2.75, 3.05) is 0 Å². The predicted molar refractivity (Wildman–Crippen MR) is 71.4 cm³/mol. The molecule has 0 aliphatic rings. The number of hydrogen-bond acceptors (Lipinski definition) is 4. The molecule has 0 aromatic carbocycles. The van der Waals surface area contributed by atoms with Gasteiger partial charge in [0.15, 0.2) is 0 Å². The van der Waals surface area contributed by atoms with Crippen LogP contribution in [0, 0.1) is 5.92 Å². The third-order valence-corrected chi connectivity index (χ3v) is 4.18. The normalized spacial score (nSPS) is 13.8. The van der Waals surface area contributed by atoms with Crippen molar-refractivity contribution >= 4 is 10.0 Å². The first-order chi connectivity index (χ1) is 8.36. The van der Waals surface area contributed by atoms with Crippen molar-refractivity contribution in [3.05, 3.63) is 24.0 Å². The molecule has 0 saturated carbocycles. The van der Waals surface area contributed by atoms with Crippen LogP contribution in [0.25, 0.3) is 0 Å². The molecule has 1 atom stereocenters. The molecule has 0 amide bonds. The molecule has 0 aliphatic heterocycles. The highest BCUT2D eigenvalue weighted by molar-refractivity contribution is 7.89. The zero-order chi connectivity index (χ0) is 13.8. The van der Waals surface area contributed by atoms with Gasteiger partial charge in [-0.2, -0.15) is 0 Å². The maximum Gasteiger partial charge on any atom is 0.242 e. The predicted octanol–water partition coefficient (Wildman–Crippen LogP) is 1.25. The lowest BCUT2D eigenvalue weighted by molar-refractivity contribution is 0.482. The first kappa shape index (κ1) is 15.1. The summed E-state index contributed by atoms with van der Waals surface area (Å²) >= 11 is 0. The molecule has 6 heteroatoms. The van der Waals surface area contributed by atoms with E-state index in [-0.39, 0.29) is 17.5 Å². The van der Waals surface area contributed by atoms with Crippen molar-refractivity contribution in [2.45, 2.75) is 44.7 Å². The summed E-state index contributed by atoms with van der Waals surface area (Å²) in [6.07, 6.45) is 2.33. The van der Waals surface area contributed by atoms with E-state index in [0.717, 1.165) is 6.42 Å². The van der Waals surface area contributed by atoms with Crippen LogP contribution < -0.4 is 10.5 Å². The maximum atomic E-state index is 12.2. The summed E-state index contributed by atoms with van der Waals surface area (Å²) < 4.78 is 27.0. The number of rotatable bonds is 6. The smallest absolute Gasteiger partial charge is 0.242 e. The third kappa shape index (κ3) is 4.04. The first-order valence-corrected chi connectivity index (χ1v) is 7.51. The van der Waals surface area contributed by atoms with Crippen molar-refractivity contribution in [1.82, 2.24) is 9.71 Å². The zero-order valence-electron chi connectivity index (χ0n) is 11.1. The molecule has 1 unspecified atom stereocenters. The summed E-state index contributed by atoms with van der Waals surface area (Å²) in [5.74, 6) is 0.436. The summed E-state index contributed by atoms with van der Waals surface area (Å²) in [5, 5.41) is 0. The van der Waals surface area contributed by atoms with Gasteiger partial charge in [0.2, 0.25) is 10.0 Å². The fraction of sp³-hybridized carbons (Fsp3) is 0.583. The Labute approximate surface area is 109 Å². The van der Waals surface area contributed by atoms with Gasteiger partial charge < -0.3 is 5.73 Å². The van der Waals surface area contributed by atoms with Crippen molar-refractivity contribution in [2.24, 2.45) is 11.7 Å². The van der Waals surface area contributed by atoms with Gasteiger partial charge >= 0.3 is 0 Å². The van der Waals surface area contributed by atoms with Gasteiger partial charge in [0.25, 0.3) is 0 Å². The lowest BCUT2D eigenvalue weighted by Gasteiger charge is -2.17. The standard InChI is InChI=1S/C12H21N3O2S/c1-9(2)7-10(3)15-18(16,17)12-5-4-6-14-11(12)8-13/h4-6,9-10,15H,7-8,13H2,1-3H3. The Hall–Kier alpha value is -0.980. The van der Waals surface area contributed by atoms with E-state index in [9.17, 15) is 8.42 Å². The molecule has 1 rings (SSSR count).